The van der Waals surface area contributed by atoms with Crippen molar-refractivity contribution in [2.45, 2.75) is 30.7 Å². The summed E-state index contributed by atoms with van der Waals surface area (Å²) in [5, 5.41) is 5.85. The number of aromatic nitrogens is 4. The Balaban J connectivity index is 1.33. The number of hydrogen-bond acceptors (Lipinski definition) is 7. The van der Waals surface area contributed by atoms with Gasteiger partial charge in [0.05, 0.1) is 5.56 Å². The molecule has 2 bridgehead atoms. The number of amides is 2. The minimum Gasteiger partial charge on any atom is -0.382 e. The van der Waals surface area contributed by atoms with E-state index in [1.807, 2.05) is 4.40 Å². The SMILES string of the molecule is C=CC(=O)N1C2CN[C@@H](C2)C1c1nc(-c2ccc(C(=O)Nc3cc(C(F)(F)F)ccn3)cc2)c2c(N)nccn12. The van der Waals surface area contributed by atoms with Crippen molar-refractivity contribution in [3.63, 3.8) is 0 Å². The largest absolute Gasteiger partial charge is 0.416 e. The van der Waals surface area contributed by atoms with Gasteiger partial charge in [0.1, 0.15) is 34.7 Å². The Hall–Kier alpha value is -4.78. The van der Waals surface area contributed by atoms with E-state index in [1.54, 1.807) is 29.4 Å². The number of nitrogens with one attached hydrogen (secondary N) is 2. The van der Waals surface area contributed by atoms with Crippen molar-refractivity contribution in [2.75, 3.05) is 17.6 Å². The third kappa shape index (κ3) is 4.24. The highest BCUT2D eigenvalue weighted by Gasteiger charge is 2.50. The standard InChI is InChI=1S/C27H23F3N8O2/c1-2-20(39)38-17-12-18(34-13-17)22(38)25-36-21(23-24(31)33-9-10-37(23)25)14-3-5-15(6-4-14)26(40)35-19-11-16(7-8-32-19)27(28,29)30/h2-11,17-18,22,34H,1,12-13H2,(H2,31,33)(H,32,35,40)/t17?,18-,22?/m0/s1. The number of carbonyl (C=O) groups excluding carboxylic acids is 2. The Bertz CT molecular complexity index is 1650. The summed E-state index contributed by atoms with van der Waals surface area (Å²) in [6.07, 6.45) is 1.82. The van der Waals surface area contributed by atoms with E-state index in [1.165, 1.54) is 18.2 Å². The lowest BCUT2D eigenvalue weighted by Gasteiger charge is -2.34. The van der Waals surface area contributed by atoms with Crippen LogP contribution in [0.25, 0.3) is 16.8 Å². The molecule has 3 atom stereocenters. The fraction of sp³-hybridized carbons (Fsp3) is 0.222. The second-order valence-corrected chi connectivity index (χ2v) is 9.61. The number of benzene rings is 1. The number of likely N-dealkylation sites (tertiary alicyclic amines) is 1. The molecule has 2 unspecified atom stereocenters. The number of halogens is 3. The van der Waals surface area contributed by atoms with Gasteiger partial charge in [-0.2, -0.15) is 13.2 Å². The summed E-state index contributed by atoms with van der Waals surface area (Å²) in [5.41, 5.74) is 7.27. The molecule has 1 aromatic carbocycles. The van der Waals surface area contributed by atoms with E-state index >= 15 is 0 Å². The number of rotatable bonds is 5. The lowest BCUT2D eigenvalue weighted by Crippen LogP contribution is -2.48. The van der Waals surface area contributed by atoms with Gasteiger partial charge in [-0.1, -0.05) is 18.7 Å². The highest BCUT2D eigenvalue weighted by Crippen LogP contribution is 2.42. The molecular formula is C27H23F3N8O2. The monoisotopic (exact) mass is 548 g/mol. The molecule has 0 radical (unpaired) electrons. The van der Waals surface area contributed by atoms with Crippen LogP contribution in [0, 0.1) is 0 Å². The van der Waals surface area contributed by atoms with Crippen molar-refractivity contribution in [3.8, 4) is 11.3 Å². The van der Waals surface area contributed by atoms with Crippen LogP contribution in [0.5, 0.6) is 0 Å². The van der Waals surface area contributed by atoms with Gasteiger partial charge in [0.2, 0.25) is 5.91 Å². The summed E-state index contributed by atoms with van der Waals surface area (Å²) in [7, 11) is 0. The summed E-state index contributed by atoms with van der Waals surface area (Å²) in [5.74, 6) is -0.157. The molecule has 4 N–H and O–H groups in total. The molecule has 2 saturated heterocycles. The number of pyridine rings is 1. The molecule has 5 heterocycles. The van der Waals surface area contributed by atoms with Crippen LogP contribution in [0.15, 0.2) is 67.6 Å². The predicted octanol–water partition coefficient (Wildman–Crippen LogP) is 3.44. The van der Waals surface area contributed by atoms with Gasteiger partial charge in [0, 0.05) is 48.3 Å². The molecule has 4 aromatic rings. The van der Waals surface area contributed by atoms with Crippen LogP contribution < -0.4 is 16.4 Å². The molecule has 2 amide bonds. The van der Waals surface area contributed by atoms with E-state index in [4.69, 9.17) is 10.7 Å². The highest BCUT2D eigenvalue weighted by atomic mass is 19.4. The number of nitrogens with zero attached hydrogens (tertiary/aromatic N) is 5. The molecule has 6 rings (SSSR count). The van der Waals surface area contributed by atoms with Gasteiger partial charge in [0.25, 0.3) is 5.91 Å². The number of anilines is 2. The zero-order valence-corrected chi connectivity index (χ0v) is 20.9. The summed E-state index contributed by atoms with van der Waals surface area (Å²) in [6.45, 7) is 4.35. The maximum atomic E-state index is 13.0. The first-order valence-corrected chi connectivity index (χ1v) is 12.4. The van der Waals surface area contributed by atoms with Gasteiger partial charge < -0.3 is 21.3 Å². The Labute approximate surface area is 225 Å². The molecule has 40 heavy (non-hydrogen) atoms. The predicted molar refractivity (Wildman–Crippen MR) is 140 cm³/mol. The van der Waals surface area contributed by atoms with Crippen molar-refractivity contribution in [2.24, 2.45) is 0 Å². The quantitative estimate of drug-likeness (QED) is 0.326. The third-order valence-corrected chi connectivity index (χ3v) is 7.27. The molecule has 13 heteroatoms. The zero-order chi connectivity index (χ0) is 28.2. The second-order valence-electron chi connectivity index (χ2n) is 9.61. The first-order valence-electron chi connectivity index (χ1n) is 12.4. The van der Waals surface area contributed by atoms with Gasteiger partial charge in [-0.05, 0) is 36.8 Å². The molecule has 3 aromatic heterocycles. The first-order chi connectivity index (χ1) is 19.2. The smallest absolute Gasteiger partial charge is 0.382 e. The topological polar surface area (TPSA) is 131 Å². The number of carbonyl (C=O) groups is 2. The Morgan fingerprint density at radius 1 is 1.15 bits per heavy atom. The number of fused-ring (bicyclic) bond motifs is 3. The van der Waals surface area contributed by atoms with Crippen LogP contribution in [0.4, 0.5) is 24.8 Å². The van der Waals surface area contributed by atoms with Crippen molar-refractivity contribution in [3.05, 3.63) is 84.6 Å². The van der Waals surface area contributed by atoms with Crippen LogP contribution in [0.2, 0.25) is 0 Å². The van der Waals surface area contributed by atoms with E-state index in [2.05, 4.69) is 27.2 Å². The molecule has 2 fully saturated rings. The van der Waals surface area contributed by atoms with Gasteiger partial charge >= 0.3 is 6.18 Å². The number of hydrogen-bond donors (Lipinski definition) is 3. The van der Waals surface area contributed by atoms with Gasteiger partial charge in [-0.3, -0.25) is 14.0 Å². The van der Waals surface area contributed by atoms with Gasteiger partial charge in [-0.15, -0.1) is 0 Å². The van der Waals surface area contributed by atoms with Crippen LogP contribution in [0.1, 0.15) is 34.2 Å². The lowest BCUT2D eigenvalue weighted by atomic mass is 10.1. The van der Waals surface area contributed by atoms with E-state index in [9.17, 15) is 22.8 Å². The average Bonchev–Trinajstić information content (AvgIpc) is 3.66. The molecule has 0 spiro atoms. The molecule has 204 valence electrons. The lowest BCUT2D eigenvalue weighted by molar-refractivity contribution is -0.137. The van der Waals surface area contributed by atoms with Gasteiger partial charge in [-0.25, -0.2) is 15.0 Å². The Morgan fingerprint density at radius 3 is 2.65 bits per heavy atom. The third-order valence-electron chi connectivity index (χ3n) is 7.27. The van der Waals surface area contributed by atoms with Crippen LogP contribution in [0.3, 0.4) is 0 Å². The molecule has 2 aliphatic heterocycles. The fourth-order valence-corrected chi connectivity index (χ4v) is 5.49. The summed E-state index contributed by atoms with van der Waals surface area (Å²) in [4.78, 5) is 40.3. The molecule has 2 aliphatic rings. The van der Waals surface area contributed by atoms with E-state index < -0.39 is 17.6 Å². The van der Waals surface area contributed by atoms with Gasteiger partial charge in [0.15, 0.2) is 0 Å². The Morgan fingerprint density at radius 2 is 1.93 bits per heavy atom. The van der Waals surface area contributed by atoms with Crippen LogP contribution >= 0.6 is 0 Å². The molecule has 10 nitrogen and oxygen atoms in total. The van der Waals surface area contributed by atoms with E-state index in [-0.39, 0.29) is 41.2 Å². The molecule has 0 aliphatic carbocycles. The Kier molecular flexibility index (Phi) is 6.02. The van der Waals surface area contributed by atoms with Crippen molar-refractivity contribution < 1.29 is 22.8 Å². The van der Waals surface area contributed by atoms with E-state index in [0.717, 1.165) is 24.8 Å². The molecule has 0 saturated carbocycles. The minimum absolute atomic E-state index is 0.0114. The fourth-order valence-electron chi connectivity index (χ4n) is 5.49. The van der Waals surface area contributed by atoms with E-state index in [0.29, 0.717) is 29.1 Å². The zero-order valence-electron chi connectivity index (χ0n) is 20.9. The highest BCUT2D eigenvalue weighted by molar-refractivity contribution is 6.04. The van der Waals surface area contributed by atoms with Crippen LogP contribution in [-0.4, -0.2) is 54.7 Å². The number of nitrogens with two attached hydrogens (primary N) is 1. The average molecular weight is 549 g/mol. The summed E-state index contributed by atoms with van der Waals surface area (Å²) >= 11 is 0. The van der Waals surface area contributed by atoms with Crippen molar-refractivity contribution >= 4 is 29.0 Å². The number of imidazole rings is 1. The van der Waals surface area contributed by atoms with Crippen molar-refractivity contribution in [1.82, 2.24) is 29.6 Å². The number of nitrogen functional groups attached to an aromatic ring is 1. The van der Waals surface area contributed by atoms with Crippen LogP contribution in [-0.2, 0) is 11.0 Å². The second kappa shape index (κ2) is 9.45. The number of piperazine rings is 1. The van der Waals surface area contributed by atoms with Crippen molar-refractivity contribution in [1.29, 1.82) is 0 Å². The minimum atomic E-state index is -4.56. The normalized spacial score (nSPS) is 20.2. The maximum absolute atomic E-state index is 13.0. The first kappa shape index (κ1) is 25.5. The number of alkyl halides is 3. The molecular weight excluding hydrogens is 525 g/mol. The summed E-state index contributed by atoms with van der Waals surface area (Å²) < 4.78 is 40.9. The maximum Gasteiger partial charge on any atom is 0.416 e. The summed E-state index contributed by atoms with van der Waals surface area (Å²) in [6, 6.07) is 7.68.